The minimum Gasteiger partial charge on any atom is -0.475 e. The second-order valence-corrected chi connectivity index (χ2v) is 13.2. The third-order valence-electron chi connectivity index (χ3n) is 7.22. The van der Waals surface area contributed by atoms with Gasteiger partial charge in [0.2, 0.25) is 15.9 Å². The van der Waals surface area contributed by atoms with Crippen LogP contribution in [-0.2, 0) is 30.8 Å². The molecule has 2 unspecified atom stereocenters. The van der Waals surface area contributed by atoms with Crippen molar-refractivity contribution < 1.29 is 59.4 Å². The molecule has 2 atom stereocenters. The Bertz CT molecular complexity index is 1200. The molecular weight excluding hydrogens is 674 g/mol. The minimum atomic E-state index is -5.08. The topological polar surface area (TPSA) is 170 Å². The number of nitrogens with one attached hydrogen (secondary N) is 1. The second-order valence-electron chi connectivity index (χ2n) is 10.9. The van der Waals surface area contributed by atoms with E-state index in [4.69, 9.17) is 37.1 Å². The minimum absolute atomic E-state index is 0.0299. The summed E-state index contributed by atoms with van der Waals surface area (Å²) in [5.41, 5.74) is 7.21. The Morgan fingerprint density at radius 2 is 1.39 bits per heavy atom. The van der Waals surface area contributed by atoms with Crippen molar-refractivity contribution in [2.75, 3.05) is 39.0 Å². The van der Waals surface area contributed by atoms with E-state index in [2.05, 4.69) is 9.62 Å². The van der Waals surface area contributed by atoms with Gasteiger partial charge in [0.25, 0.3) is 0 Å². The number of carboxylic acid groups (broad SMARTS) is 2. The fourth-order valence-electron chi connectivity index (χ4n) is 4.92. The number of carboxylic acids is 2. The number of nitrogens with two attached hydrogens (primary N) is 1. The number of amides is 1. The molecule has 2 fully saturated rings. The SMILES string of the molecule is CS(=O)(=O)NCC(CC1CCCCC1)N1CCN(C(=O)C(N)Cc2ccc(Cl)cc2)CC1.O=C(O)C(F)(F)F.O=C(O)C(F)(F)F. The lowest BCUT2D eigenvalue weighted by Crippen LogP contribution is -2.57. The van der Waals surface area contributed by atoms with Gasteiger partial charge in [-0.3, -0.25) is 9.69 Å². The summed E-state index contributed by atoms with van der Waals surface area (Å²) in [6.07, 6.45) is -1.16. The average molecular weight is 713 g/mol. The third kappa shape index (κ3) is 16.8. The van der Waals surface area contributed by atoms with Crippen LogP contribution in [0.25, 0.3) is 0 Å². The Balaban J connectivity index is 0.000000629. The summed E-state index contributed by atoms with van der Waals surface area (Å²) in [6, 6.07) is 7.00. The lowest BCUT2D eigenvalue weighted by molar-refractivity contribution is -0.193. The molecule has 0 spiro atoms. The zero-order valence-electron chi connectivity index (χ0n) is 25.0. The van der Waals surface area contributed by atoms with Crippen molar-refractivity contribution in [1.82, 2.24) is 14.5 Å². The summed E-state index contributed by atoms with van der Waals surface area (Å²) in [5, 5.41) is 14.9. The quantitative estimate of drug-likeness (QED) is 0.280. The number of benzene rings is 1. The van der Waals surface area contributed by atoms with Crippen molar-refractivity contribution in [3.05, 3.63) is 34.9 Å². The number of piperazine rings is 1. The van der Waals surface area contributed by atoms with Gasteiger partial charge in [0.05, 0.1) is 12.3 Å². The number of aliphatic carboxylic acids is 2. The molecule has 1 amide bonds. The van der Waals surface area contributed by atoms with Crippen molar-refractivity contribution in [3.8, 4) is 0 Å². The first-order valence-corrected chi connectivity index (χ1v) is 16.4. The van der Waals surface area contributed by atoms with E-state index in [0.29, 0.717) is 37.0 Å². The second kappa shape index (κ2) is 18.6. The largest absolute Gasteiger partial charge is 0.490 e. The summed E-state index contributed by atoms with van der Waals surface area (Å²) >= 11 is 5.93. The maximum atomic E-state index is 12.9. The molecule has 5 N–H and O–H groups in total. The fraction of sp³-hybridized carbons (Fsp3) is 0.667. The number of rotatable bonds is 9. The maximum absolute atomic E-state index is 12.9. The van der Waals surface area contributed by atoms with Crippen LogP contribution in [0, 0.1) is 5.92 Å². The van der Waals surface area contributed by atoms with Crippen LogP contribution in [0.1, 0.15) is 44.1 Å². The lowest BCUT2D eigenvalue weighted by atomic mass is 9.84. The van der Waals surface area contributed by atoms with Gasteiger partial charge in [-0.2, -0.15) is 26.3 Å². The summed E-state index contributed by atoms with van der Waals surface area (Å²) in [4.78, 5) is 34.9. The fourth-order valence-corrected chi connectivity index (χ4v) is 5.54. The van der Waals surface area contributed by atoms with Crippen molar-refractivity contribution in [2.24, 2.45) is 11.7 Å². The smallest absolute Gasteiger partial charge is 0.475 e. The summed E-state index contributed by atoms with van der Waals surface area (Å²) in [7, 11) is -3.23. The van der Waals surface area contributed by atoms with Gasteiger partial charge in [0.1, 0.15) is 0 Å². The Hall–Kier alpha value is -2.67. The Morgan fingerprint density at radius 3 is 1.80 bits per heavy atom. The number of hydrogen-bond donors (Lipinski definition) is 4. The van der Waals surface area contributed by atoms with Gasteiger partial charge in [-0.15, -0.1) is 0 Å². The van der Waals surface area contributed by atoms with Gasteiger partial charge in [-0.05, 0) is 36.5 Å². The number of carbonyl (C=O) groups is 3. The Kier molecular flexibility index (Phi) is 16.7. The summed E-state index contributed by atoms with van der Waals surface area (Å²) in [6.45, 7) is 3.14. The van der Waals surface area contributed by atoms with Crippen LogP contribution >= 0.6 is 11.6 Å². The molecule has 0 bridgehead atoms. The molecule has 1 aliphatic heterocycles. The molecule has 1 heterocycles. The van der Waals surface area contributed by atoms with E-state index in [-0.39, 0.29) is 11.9 Å². The molecular formula is C27H39ClF6N4O7S. The number of sulfonamides is 1. The number of nitrogens with zero attached hydrogens (tertiary/aromatic N) is 2. The predicted molar refractivity (Wildman–Crippen MR) is 156 cm³/mol. The molecule has 1 aromatic rings. The van der Waals surface area contributed by atoms with Gasteiger partial charge < -0.3 is 20.8 Å². The molecule has 1 aromatic carbocycles. The molecule has 3 rings (SSSR count). The Labute approximate surface area is 268 Å². The third-order valence-corrected chi connectivity index (χ3v) is 8.17. The monoisotopic (exact) mass is 712 g/mol. The van der Waals surface area contributed by atoms with E-state index >= 15 is 0 Å². The molecule has 0 radical (unpaired) electrons. The normalized spacial score (nSPS) is 17.9. The van der Waals surface area contributed by atoms with Crippen molar-refractivity contribution >= 4 is 39.5 Å². The molecule has 264 valence electrons. The van der Waals surface area contributed by atoms with Crippen LogP contribution < -0.4 is 10.5 Å². The highest BCUT2D eigenvalue weighted by molar-refractivity contribution is 7.88. The molecule has 0 aromatic heterocycles. The van der Waals surface area contributed by atoms with Gasteiger partial charge in [0, 0.05) is 43.8 Å². The number of halogens is 7. The van der Waals surface area contributed by atoms with Crippen LogP contribution in [0.15, 0.2) is 24.3 Å². The summed E-state index contributed by atoms with van der Waals surface area (Å²) in [5.74, 6) is -4.89. The van der Waals surface area contributed by atoms with Crippen LogP contribution in [0.4, 0.5) is 26.3 Å². The van der Waals surface area contributed by atoms with Gasteiger partial charge in [-0.1, -0.05) is 55.8 Å². The first-order valence-electron chi connectivity index (χ1n) is 14.2. The van der Waals surface area contributed by atoms with Crippen molar-refractivity contribution in [2.45, 2.75) is 69.4 Å². The lowest BCUT2D eigenvalue weighted by Gasteiger charge is -2.41. The van der Waals surface area contributed by atoms with E-state index in [1.807, 2.05) is 29.2 Å². The molecule has 11 nitrogen and oxygen atoms in total. The highest BCUT2D eigenvalue weighted by Crippen LogP contribution is 2.29. The van der Waals surface area contributed by atoms with Crippen molar-refractivity contribution in [3.63, 3.8) is 0 Å². The standard InChI is InChI=1S/C23H37ClN4O3S.2C2HF3O2/c1-32(30,31)26-17-21(15-18-5-3-2-4-6-18)27-11-13-28(14-12-27)23(29)22(25)16-19-7-9-20(24)10-8-19;2*3-2(4,5)1(6)7/h7-10,18,21-22,26H,2-6,11-17,25H2,1H3;2*(H,6,7). The maximum Gasteiger partial charge on any atom is 0.490 e. The zero-order chi connectivity index (χ0) is 35.3. The van der Waals surface area contributed by atoms with Gasteiger partial charge in [-0.25, -0.2) is 22.7 Å². The number of hydrogen-bond acceptors (Lipinski definition) is 7. The van der Waals surface area contributed by atoms with E-state index in [1.54, 1.807) is 0 Å². The van der Waals surface area contributed by atoms with Crippen LogP contribution in [0.3, 0.4) is 0 Å². The number of alkyl halides is 6. The van der Waals surface area contributed by atoms with E-state index < -0.39 is 40.4 Å². The van der Waals surface area contributed by atoms with Crippen LogP contribution in [0.2, 0.25) is 5.02 Å². The zero-order valence-corrected chi connectivity index (χ0v) is 26.6. The number of carbonyl (C=O) groups excluding carboxylic acids is 1. The molecule has 2 aliphatic rings. The average Bonchev–Trinajstić information content (AvgIpc) is 2.96. The predicted octanol–water partition coefficient (Wildman–Crippen LogP) is 3.51. The molecule has 46 heavy (non-hydrogen) atoms. The molecule has 1 aliphatic carbocycles. The first kappa shape index (κ1) is 41.4. The van der Waals surface area contributed by atoms with E-state index in [0.717, 1.165) is 25.1 Å². The summed E-state index contributed by atoms with van der Waals surface area (Å²) < 4.78 is 89.6. The van der Waals surface area contributed by atoms with Gasteiger partial charge in [0.15, 0.2) is 0 Å². The van der Waals surface area contributed by atoms with Gasteiger partial charge >= 0.3 is 24.3 Å². The Morgan fingerprint density at radius 1 is 0.935 bits per heavy atom. The van der Waals surface area contributed by atoms with E-state index in [1.165, 1.54) is 38.4 Å². The van der Waals surface area contributed by atoms with E-state index in [9.17, 15) is 39.6 Å². The van der Waals surface area contributed by atoms with Crippen molar-refractivity contribution in [1.29, 1.82) is 0 Å². The highest BCUT2D eigenvalue weighted by atomic mass is 35.5. The van der Waals surface area contributed by atoms with Crippen LogP contribution in [-0.4, -0.2) is 110 Å². The first-order chi connectivity index (χ1) is 21.1. The van der Waals surface area contributed by atoms with Crippen LogP contribution in [0.5, 0.6) is 0 Å². The molecule has 1 saturated heterocycles. The molecule has 1 saturated carbocycles. The molecule has 19 heteroatoms. The highest BCUT2D eigenvalue weighted by Gasteiger charge is 2.39.